The average molecular weight is 259 g/mol. The number of hydrogen-bond donors (Lipinski definition) is 2. The van der Waals surface area contributed by atoms with Crippen LogP contribution in [0.15, 0.2) is 29.9 Å². The van der Waals surface area contributed by atoms with Crippen LogP contribution in [0.25, 0.3) is 0 Å². The molecule has 1 aromatic heterocycles. The van der Waals surface area contributed by atoms with E-state index >= 15 is 0 Å². The third kappa shape index (κ3) is 2.71. The lowest BCUT2D eigenvalue weighted by Gasteiger charge is -2.18. The summed E-state index contributed by atoms with van der Waals surface area (Å²) in [6.45, 7) is 2.93. The van der Waals surface area contributed by atoms with Gasteiger partial charge >= 0.3 is 0 Å². The highest BCUT2D eigenvalue weighted by molar-refractivity contribution is 7.09. The van der Waals surface area contributed by atoms with Gasteiger partial charge in [-0.05, 0) is 30.0 Å². The van der Waals surface area contributed by atoms with Crippen molar-refractivity contribution in [3.63, 3.8) is 0 Å². The van der Waals surface area contributed by atoms with E-state index in [1.807, 2.05) is 11.7 Å². The van der Waals surface area contributed by atoms with Gasteiger partial charge in [0.25, 0.3) is 0 Å². The number of fused-ring (bicyclic) bond motifs is 1. The summed E-state index contributed by atoms with van der Waals surface area (Å²) in [5.74, 6) is 0. The lowest BCUT2D eigenvalue weighted by Crippen LogP contribution is -2.14. The molecule has 0 fully saturated rings. The van der Waals surface area contributed by atoms with E-state index in [1.165, 1.54) is 34.5 Å². The molecule has 0 bridgehead atoms. The average Bonchev–Trinajstić information content (AvgIpc) is 2.92. The standard InChI is InChI=1S/C14H17N3S/c1-2-12-6-11(3-4-14(12)17-5-1)7-15-8-13-9-16-10-18-13/h3-4,6,9-10,15,17H,1-2,5,7-8H2. The van der Waals surface area contributed by atoms with E-state index in [9.17, 15) is 0 Å². The van der Waals surface area contributed by atoms with E-state index in [0.717, 1.165) is 19.6 Å². The summed E-state index contributed by atoms with van der Waals surface area (Å²) in [7, 11) is 0. The SMILES string of the molecule is c1ncc(CNCc2ccc3c(c2)CCCN3)s1. The van der Waals surface area contributed by atoms with Gasteiger partial charge < -0.3 is 10.6 Å². The third-order valence-corrected chi connectivity index (χ3v) is 4.00. The van der Waals surface area contributed by atoms with Crippen LogP contribution in [0.3, 0.4) is 0 Å². The number of nitrogens with zero attached hydrogens (tertiary/aromatic N) is 1. The Hall–Kier alpha value is -1.39. The van der Waals surface area contributed by atoms with Gasteiger partial charge in [0, 0.05) is 36.4 Å². The van der Waals surface area contributed by atoms with Gasteiger partial charge in [-0.25, -0.2) is 0 Å². The second-order valence-electron chi connectivity index (χ2n) is 4.59. The summed E-state index contributed by atoms with van der Waals surface area (Å²) in [4.78, 5) is 5.36. The van der Waals surface area contributed by atoms with Gasteiger partial charge in [0.2, 0.25) is 0 Å². The minimum Gasteiger partial charge on any atom is -0.385 e. The molecule has 4 heteroatoms. The van der Waals surface area contributed by atoms with Gasteiger partial charge in [-0.15, -0.1) is 11.3 Å². The first-order valence-corrected chi connectivity index (χ1v) is 7.23. The number of rotatable bonds is 4. The number of nitrogens with one attached hydrogen (secondary N) is 2. The van der Waals surface area contributed by atoms with Crippen molar-refractivity contribution in [3.8, 4) is 0 Å². The number of hydrogen-bond acceptors (Lipinski definition) is 4. The molecule has 1 aromatic carbocycles. The first-order chi connectivity index (χ1) is 8.92. The maximum absolute atomic E-state index is 4.08. The van der Waals surface area contributed by atoms with Crippen LogP contribution in [-0.2, 0) is 19.5 Å². The molecule has 1 aliphatic heterocycles. The summed E-state index contributed by atoms with van der Waals surface area (Å²) in [5, 5.41) is 6.90. The minimum absolute atomic E-state index is 0.903. The molecule has 0 unspecified atom stereocenters. The van der Waals surface area contributed by atoms with E-state index in [0.29, 0.717) is 0 Å². The second kappa shape index (κ2) is 5.50. The van der Waals surface area contributed by atoms with Crippen LogP contribution >= 0.6 is 11.3 Å². The maximum atomic E-state index is 4.08. The van der Waals surface area contributed by atoms with Crippen molar-refractivity contribution >= 4 is 17.0 Å². The summed E-state index contributed by atoms with van der Waals surface area (Å²) in [5.41, 5.74) is 6.01. The zero-order valence-corrected chi connectivity index (χ0v) is 11.1. The smallest absolute Gasteiger partial charge is 0.0794 e. The number of thiazole rings is 1. The number of aryl methyl sites for hydroxylation is 1. The Balaban J connectivity index is 1.59. The van der Waals surface area contributed by atoms with Crippen molar-refractivity contribution < 1.29 is 0 Å². The quantitative estimate of drug-likeness (QED) is 0.886. The fourth-order valence-electron chi connectivity index (χ4n) is 2.30. The Labute approximate surface area is 111 Å². The number of aromatic nitrogens is 1. The zero-order valence-electron chi connectivity index (χ0n) is 10.3. The van der Waals surface area contributed by atoms with Gasteiger partial charge in [0.15, 0.2) is 0 Å². The highest BCUT2D eigenvalue weighted by Crippen LogP contribution is 2.22. The van der Waals surface area contributed by atoms with Crippen molar-refractivity contribution in [3.05, 3.63) is 45.9 Å². The van der Waals surface area contributed by atoms with E-state index in [1.54, 1.807) is 11.3 Å². The fraction of sp³-hybridized carbons (Fsp3) is 0.357. The van der Waals surface area contributed by atoms with Crippen LogP contribution in [0.1, 0.15) is 22.4 Å². The number of anilines is 1. The molecule has 2 heterocycles. The zero-order chi connectivity index (χ0) is 12.2. The first kappa shape index (κ1) is 11.7. The van der Waals surface area contributed by atoms with E-state index < -0.39 is 0 Å². The minimum atomic E-state index is 0.903. The Kier molecular flexibility index (Phi) is 3.57. The van der Waals surface area contributed by atoms with Crippen LogP contribution < -0.4 is 10.6 Å². The summed E-state index contributed by atoms with van der Waals surface area (Å²) in [6, 6.07) is 6.73. The highest BCUT2D eigenvalue weighted by atomic mass is 32.1. The Morgan fingerprint density at radius 1 is 1.33 bits per heavy atom. The fourth-order valence-corrected chi connectivity index (χ4v) is 2.86. The Morgan fingerprint density at radius 2 is 2.33 bits per heavy atom. The predicted octanol–water partition coefficient (Wildman–Crippen LogP) is 2.79. The maximum Gasteiger partial charge on any atom is 0.0794 e. The molecular weight excluding hydrogens is 242 g/mol. The largest absolute Gasteiger partial charge is 0.385 e. The van der Waals surface area contributed by atoms with E-state index in [-0.39, 0.29) is 0 Å². The summed E-state index contributed by atoms with van der Waals surface area (Å²) >= 11 is 1.70. The first-order valence-electron chi connectivity index (χ1n) is 6.35. The van der Waals surface area contributed by atoms with E-state index in [4.69, 9.17) is 0 Å². The summed E-state index contributed by atoms with van der Waals surface area (Å²) in [6.07, 6.45) is 4.37. The molecular formula is C14H17N3S. The predicted molar refractivity (Wildman–Crippen MR) is 75.9 cm³/mol. The molecule has 2 aromatic rings. The van der Waals surface area contributed by atoms with Gasteiger partial charge in [-0.3, -0.25) is 4.98 Å². The van der Waals surface area contributed by atoms with Gasteiger partial charge in [-0.2, -0.15) is 0 Å². The van der Waals surface area contributed by atoms with Gasteiger partial charge in [0.1, 0.15) is 0 Å². The molecule has 0 aliphatic carbocycles. The highest BCUT2D eigenvalue weighted by Gasteiger charge is 2.08. The van der Waals surface area contributed by atoms with Crippen molar-refractivity contribution in [2.24, 2.45) is 0 Å². The molecule has 94 valence electrons. The lowest BCUT2D eigenvalue weighted by molar-refractivity contribution is 0.698. The monoisotopic (exact) mass is 259 g/mol. The number of benzene rings is 1. The lowest BCUT2D eigenvalue weighted by atomic mass is 10.0. The topological polar surface area (TPSA) is 37.0 Å². The molecule has 18 heavy (non-hydrogen) atoms. The van der Waals surface area contributed by atoms with Crippen molar-refractivity contribution in [1.29, 1.82) is 0 Å². The second-order valence-corrected chi connectivity index (χ2v) is 5.56. The summed E-state index contributed by atoms with van der Waals surface area (Å²) < 4.78 is 0. The Morgan fingerprint density at radius 3 is 3.22 bits per heavy atom. The molecule has 0 atom stereocenters. The van der Waals surface area contributed by atoms with Crippen LogP contribution in [0.5, 0.6) is 0 Å². The normalized spacial score (nSPS) is 14.0. The van der Waals surface area contributed by atoms with Gasteiger partial charge in [0.05, 0.1) is 5.51 Å². The molecule has 3 nitrogen and oxygen atoms in total. The molecule has 0 saturated carbocycles. The molecule has 0 spiro atoms. The van der Waals surface area contributed by atoms with Crippen LogP contribution in [0.2, 0.25) is 0 Å². The molecule has 1 aliphatic rings. The molecule has 0 radical (unpaired) electrons. The van der Waals surface area contributed by atoms with Crippen molar-refractivity contribution in [2.75, 3.05) is 11.9 Å². The molecule has 3 rings (SSSR count). The van der Waals surface area contributed by atoms with Gasteiger partial charge in [-0.1, -0.05) is 12.1 Å². The van der Waals surface area contributed by atoms with Crippen molar-refractivity contribution in [1.82, 2.24) is 10.3 Å². The molecule has 0 amide bonds. The third-order valence-electron chi connectivity index (χ3n) is 3.22. The molecule has 2 N–H and O–H groups in total. The van der Waals surface area contributed by atoms with Crippen LogP contribution in [0, 0.1) is 0 Å². The van der Waals surface area contributed by atoms with Crippen LogP contribution in [0.4, 0.5) is 5.69 Å². The molecule has 0 saturated heterocycles. The Bertz CT molecular complexity index is 508. The van der Waals surface area contributed by atoms with Crippen LogP contribution in [-0.4, -0.2) is 11.5 Å². The van der Waals surface area contributed by atoms with Crippen molar-refractivity contribution in [2.45, 2.75) is 25.9 Å². The van der Waals surface area contributed by atoms with E-state index in [2.05, 4.69) is 33.8 Å².